The highest BCUT2D eigenvalue weighted by atomic mass is 35.5. The zero-order valence-corrected chi connectivity index (χ0v) is 13.4. The third-order valence-corrected chi connectivity index (χ3v) is 3.99. The molecule has 1 aliphatic rings. The summed E-state index contributed by atoms with van der Waals surface area (Å²) >= 11 is 5.63. The van der Waals surface area contributed by atoms with Crippen LogP contribution in [0.4, 0.5) is 5.69 Å². The fourth-order valence-corrected chi connectivity index (χ4v) is 2.80. The molecule has 1 aromatic carbocycles. The Kier molecular flexibility index (Phi) is 5.40. The van der Waals surface area contributed by atoms with Crippen LogP contribution in [-0.4, -0.2) is 24.1 Å². The predicted octanol–water partition coefficient (Wildman–Crippen LogP) is 3.82. The Morgan fingerprint density at radius 1 is 1.33 bits per heavy atom. The van der Waals surface area contributed by atoms with Gasteiger partial charge in [-0.25, -0.2) is 0 Å². The number of hydrogen-bond donors (Lipinski definition) is 0. The minimum atomic E-state index is 0.130. The van der Waals surface area contributed by atoms with E-state index in [1.165, 1.54) is 0 Å². The molecule has 114 valence electrons. The van der Waals surface area contributed by atoms with Gasteiger partial charge in [0.25, 0.3) is 0 Å². The second-order valence-electron chi connectivity index (χ2n) is 5.95. The number of carbonyl (C=O) groups is 2. The first kappa shape index (κ1) is 16.0. The Balaban J connectivity index is 2.13. The van der Waals surface area contributed by atoms with Crippen LogP contribution in [0.1, 0.15) is 49.0 Å². The van der Waals surface area contributed by atoms with Gasteiger partial charge in [-0.15, -0.1) is 11.6 Å². The van der Waals surface area contributed by atoms with Crippen molar-refractivity contribution in [3.63, 3.8) is 0 Å². The molecule has 0 saturated heterocycles. The Bertz CT molecular complexity index is 540. The maximum atomic E-state index is 12.2. The molecule has 1 heterocycles. The Morgan fingerprint density at radius 3 is 2.76 bits per heavy atom. The van der Waals surface area contributed by atoms with Crippen LogP contribution in [0.15, 0.2) is 18.2 Å². The molecule has 21 heavy (non-hydrogen) atoms. The molecule has 0 fully saturated rings. The summed E-state index contributed by atoms with van der Waals surface area (Å²) in [6.07, 6.45) is 2.58. The monoisotopic (exact) mass is 307 g/mol. The van der Waals surface area contributed by atoms with Gasteiger partial charge < -0.3 is 4.90 Å². The zero-order valence-electron chi connectivity index (χ0n) is 12.7. The van der Waals surface area contributed by atoms with Crippen molar-refractivity contribution in [3.8, 4) is 0 Å². The normalized spacial score (nSPS) is 13.6. The van der Waals surface area contributed by atoms with Crippen molar-refractivity contribution >= 4 is 29.0 Å². The minimum Gasteiger partial charge on any atom is -0.312 e. The summed E-state index contributed by atoms with van der Waals surface area (Å²) in [4.78, 5) is 26.1. The number of anilines is 1. The summed E-state index contributed by atoms with van der Waals surface area (Å²) in [5.41, 5.74) is 2.80. The van der Waals surface area contributed by atoms with Crippen molar-refractivity contribution in [2.75, 3.05) is 17.3 Å². The van der Waals surface area contributed by atoms with Crippen LogP contribution < -0.4 is 4.90 Å². The van der Waals surface area contributed by atoms with Gasteiger partial charge in [0.1, 0.15) is 0 Å². The summed E-state index contributed by atoms with van der Waals surface area (Å²) in [6.45, 7) is 4.82. The number of alkyl halides is 1. The number of amides is 1. The number of carbonyl (C=O) groups excluding carboxylic acids is 2. The van der Waals surface area contributed by atoms with E-state index < -0.39 is 0 Å². The lowest BCUT2D eigenvalue weighted by Crippen LogP contribution is -2.29. The van der Waals surface area contributed by atoms with Crippen LogP contribution >= 0.6 is 11.6 Å². The predicted molar refractivity (Wildman–Crippen MR) is 86.2 cm³/mol. The number of fused-ring (bicyclic) bond motifs is 1. The molecule has 1 aromatic rings. The molecule has 2 rings (SSSR count). The van der Waals surface area contributed by atoms with Gasteiger partial charge >= 0.3 is 0 Å². The summed E-state index contributed by atoms with van der Waals surface area (Å²) in [5, 5.41) is 0. The molecule has 1 amide bonds. The number of hydrogen-bond acceptors (Lipinski definition) is 2. The molecule has 0 aromatic heterocycles. The highest BCUT2D eigenvalue weighted by Gasteiger charge is 2.25. The third-order valence-electron chi connectivity index (χ3n) is 3.72. The number of Topliss-reactive ketones (excluding diaryl/α,β-unsaturated/α-hetero) is 1. The van der Waals surface area contributed by atoms with Gasteiger partial charge in [0.15, 0.2) is 5.78 Å². The van der Waals surface area contributed by atoms with E-state index in [-0.39, 0.29) is 11.7 Å². The zero-order chi connectivity index (χ0) is 15.4. The van der Waals surface area contributed by atoms with Crippen molar-refractivity contribution in [1.82, 2.24) is 0 Å². The minimum absolute atomic E-state index is 0.130. The van der Waals surface area contributed by atoms with Crippen molar-refractivity contribution in [2.24, 2.45) is 5.92 Å². The van der Waals surface area contributed by atoms with E-state index in [1.54, 1.807) is 0 Å². The van der Waals surface area contributed by atoms with Crippen molar-refractivity contribution in [2.45, 2.75) is 39.5 Å². The van der Waals surface area contributed by atoms with E-state index in [2.05, 4.69) is 0 Å². The van der Waals surface area contributed by atoms with Gasteiger partial charge in [0, 0.05) is 36.5 Å². The van der Waals surface area contributed by atoms with E-state index >= 15 is 0 Å². The number of nitrogens with zero attached hydrogens (tertiary/aromatic N) is 1. The standard InChI is InChI=1S/C17H22ClNO2/c1-12(2)10-17(21)19-9-7-13-11-14(5-6-15(13)19)16(20)4-3-8-18/h5-6,11-12H,3-4,7-10H2,1-2H3. The Morgan fingerprint density at radius 2 is 2.10 bits per heavy atom. The van der Waals surface area contributed by atoms with Gasteiger partial charge in [-0.05, 0) is 42.5 Å². The second-order valence-corrected chi connectivity index (χ2v) is 6.33. The molecule has 0 saturated carbocycles. The lowest BCUT2D eigenvalue weighted by molar-refractivity contribution is -0.119. The number of halogens is 1. The lowest BCUT2D eigenvalue weighted by atomic mass is 10.0. The van der Waals surface area contributed by atoms with Gasteiger partial charge in [-0.3, -0.25) is 9.59 Å². The number of benzene rings is 1. The highest BCUT2D eigenvalue weighted by Crippen LogP contribution is 2.30. The molecule has 0 aliphatic carbocycles. The molecule has 0 spiro atoms. The lowest BCUT2D eigenvalue weighted by Gasteiger charge is -2.18. The SMILES string of the molecule is CC(C)CC(=O)N1CCc2cc(C(=O)CCCCl)ccc21. The first-order valence-corrected chi connectivity index (χ1v) is 8.09. The van der Waals surface area contributed by atoms with E-state index in [9.17, 15) is 9.59 Å². The van der Waals surface area contributed by atoms with Crippen molar-refractivity contribution in [1.29, 1.82) is 0 Å². The molecule has 0 unspecified atom stereocenters. The van der Waals surface area contributed by atoms with E-state index in [4.69, 9.17) is 11.6 Å². The fraction of sp³-hybridized carbons (Fsp3) is 0.529. The maximum Gasteiger partial charge on any atom is 0.227 e. The summed E-state index contributed by atoms with van der Waals surface area (Å²) < 4.78 is 0. The largest absolute Gasteiger partial charge is 0.312 e. The first-order chi connectivity index (χ1) is 10.0. The summed E-state index contributed by atoms with van der Waals surface area (Å²) in [6, 6.07) is 5.68. The molecule has 0 radical (unpaired) electrons. The molecular formula is C17H22ClNO2. The molecule has 0 atom stereocenters. The Hall–Kier alpha value is -1.35. The highest BCUT2D eigenvalue weighted by molar-refractivity contribution is 6.18. The van der Waals surface area contributed by atoms with Crippen LogP contribution in [0, 0.1) is 5.92 Å². The molecule has 1 aliphatic heterocycles. The number of ketones is 1. The van der Waals surface area contributed by atoms with Gasteiger partial charge in [-0.2, -0.15) is 0 Å². The number of rotatable bonds is 6. The molecule has 3 nitrogen and oxygen atoms in total. The quantitative estimate of drug-likeness (QED) is 0.592. The molecule has 4 heteroatoms. The maximum absolute atomic E-state index is 12.2. The van der Waals surface area contributed by atoms with Crippen molar-refractivity contribution < 1.29 is 9.59 Å². The smallest absolute Gasteiger partial charge is 0.227 e. The molecular weight excluding hydrogens is 286 g/mol. The van der Waals surface area contributed by atoms with Crippen LogP contribution in [0.3, 0.4) is 0 Å². The summed E-state index contributed by atoms with van der Waals surface area (Å²) in [7, 11) is 0. The third kappa shape index (κ3) is 3.85. The Labute approximate surface area is 131 Å². The van der Waals surface area contributed by atoms with Crippen LogP contribution in [0.5, 0.6) is 0 Å². The van der Waals surface area contributed by atoms with Gasteiger partial charge in [0.2, 0.25) is 5.91 Å². The van der Waals surface area contributed by atoms with Crippen LogP contribution in [0.25, 0.3) is 0 Å². The van der Waals surface area contributed by atoms with E-state index in [0.717, 1.165) is 29.8 Å². The molecule has 0 N–H and O–H groups in total. The average Bonchev–Trinajstić information content (AvgIpc) is 2.86. The molecule has 0 bridgehead atoms. The summed E-state index contributed by atoms with van der Waals surface area (Å²) in [5.74, 6) is 1.17. The topological polar surface area (TPSA) is 37.4 Å². The van der Waals surface area contributed by atoms with E-state index in [0.29, 0.717) is 31.1 Å². The van der Waals surface area contributed by atoms with Crippen molar-refractivity contribution in [3.05, 3.63) is 29.3 Å². The second kappa shape index (κ2) is 7.08. The van der Waals surface area contributed by atoms with Crippen LogP contribution in [0.2, 0.25) is 0 Å². The van der Waals surface area contributed by atoms with Gasteiger partial charge in [-0.1, -0.05) is 13.8 Å². The van der Waals surface area contributed by atoms with E-state index in [1.807, 2.05) is 36.9 Å². The van der Waals surface area contributed by atoms with Gasteiger partial charge in [0.05, 0.1) is 0 Å². The van der Waals surface area contributed by atoms with Crippen LogP contribution in [-0.2, 0) is 11.2 Å². The fourth-order valence-electron chi connectivity index (χ4n) is 2.67. The first-order valence-electron chi connectivity index (χ1n) is 7.55. The average molecular weight is 308 g/mol.